The molecule has 0 aromatic heterocycles. The van der Waals surface area contributed by atoms with Gasteiger partial charge in [-0.05, 0) is 27.7 Å². The van der Waals surface area contributed by atoms with Crippen LogP contribution in [0.25, 0.3) is 0 Å². The molecule has 0 aliphatic carbocycles. The third kappa shape index (κ3) is 14.1. The van der Waals surface area contributed by atoms with Crippen molar-refractivity contribution in [3.8, 4) is 0 Å². The Kier molecular flexibility index (Phi) is 19.2. The highest BCUT2D eigenvalue weighted by Crippen LogP contribution is 2.01. The van der Waals surface area contributed by atoms with Gasteiger partial charge < -0.3 is 0 Å². The van der Waals surface area contributed by atoms with Gasteiger partial charge in [-0.15, -0.1) is 0 Å². The van der Waals surface area contributed by atoms with Crippen molar-refractivity contribution in [2.45, 2.75) is 49.0 Å². The maximum atomic E-state index is 2.17. The van der Waals surface area contributed by atoms with Gasteiger partial charge in [0.05, 0.1) is 0 Å². The van der Waals surface area contributed by atoms with E-state index < -0.39 is 0 Å². The molecule has 0 saturated carbocycles. The zero-order valence-corrected chi connectivity index (χ0v) is 9.31. The Bertz CT molecular complexity index is 168. The molecule has 0 heterocycles. The first-order chi connectivity index (χ1) is 5.70. The van der Waals surface area contributed by atoms with Crippen molar-refractivity contribution >= 4 is 0 Å². The second-order valence-corrected chi connectivity index (χ2v) is 2.42. The lowest BCUT2D eigenvalue weighted by Gasteiger charge is -1.91. The Morgan fingerprint density at radius 3 is 1.69 bits per heavy atom. The summed E-state index contributed by atoms with van der Waals surface area (Å²) in [5.41, 5.74) is 2.62. The topological polar surface area (TPSA) is 0 Å². The lowest BCUT2D eigenvalue weighted by molar-refractivity contribution is 1.41. The highest BCUT2D eigenvalue weighted by molar-refractivity contribution is 5.26. The SMILES string of the molecule is C.CC.CC=C(C)/C=C(C)\C=C\C. The Morgan fingerprint density at radius 2 is 1.38 bits per heavy atom. The summed E-state index contributed by atoms with van der Waals surface area (Å²) in [7, 11) is 0. The van der Waals surface area contributed by atoms with Crippen LogP contribution in [-0.2, 0) is 0 Å². The van der Waals surface area contributed by atoms with Crippen LogP contribution in [0, 0.1) is 0 Å². The van der Waals surface area contributed by atoms with E-state index in [0.717, 1.165) is 0 Å². The van der Waals surface area contributed by atoms with E-state index in [1.807, 2.05) is 20.8 Å². The molecule has 0 aromatic rings. The molecular weight excluding hydrogens is 156 g/mol. The smallest absolute Gasteiger partial charge is 0.0398 e. The summed E-state index contributed by atoms with van der Waals surface area (Å²) >= 11 is 0. The first-order valence-electron chi connectivity index (χ1n) is 4.64. The van der Waals surface area contributed by atoms with Gasteiger partial charge in [0, 0.05) is 0 Å². The van der Waals surface area contributed by atoms with Gasteiger partial charge in [0.15, 0.2) is 0 Å². The van der Waals surface area contributed by atoms with Gasteiger partial charge in [-0.2, -0.15) is 0 Å². The molecule has 0 N–H and O–H groups in total. The maximum Gasteiger partial charge on any atom is -0.0398 e. The van der Waals surface area contributed by atoms with Gasteiger partial charge in [0.2, 0.25) is 0 Å². The molecule has 13 heavy (non-hydrogen) atoms. The van der Waals surface area contributed by atoms with Gasteiger partial charge in [0.25, 0.3) is 0 Å². The molecule has 0 heteroatoms. The predicted molar refractivity (Wildman–Crippen MR) is 66.1 cm³/mol. The van der Waals surface area contributed by atoms with Crippen LogP contribution < -0.4 is 0 Å². The normalized spacial score (nSPS) is 11.8. The van der Waals surface area contributed by atoms with Crippen molar-refractivity contribution in [2.24, 2.45) is 0 Å². The lowest BCUT2D eigenvalue weighted by atomic mass is 10.2. The number of allylic oxidation sites excluding steroid dienone is 6. The van der Waals surface area contributed by atoms with Crippen LogP contribution in [0.15, 0.2) is 35.5 Å². The van der Waals surface area contributed by atoms with Crippen LogP contribution in [0.5, 0.6) is 0 Å². The fraction of sp³-hybridized carbons (Fsp3) is 0.538. The van der Waals surface area contributed by atoms with E-state index in [2.05, 4.69) is 45.1 Å². The molecular formula is C13H26. The Balaban J connectivity index is -0.000000309. The molecule has 0 aromatic carbocycles. The minimum atomic E-state index is 0. The van der Waals surface area contributed by atoms with E-state index in [-0.39, 0.29) is 7.43 Å². The highest BCUT2D eigenvalue weighted by atomic mass is 13.9. The van der Waals surface area contributed by atoms with E-state index in [1.165, 1.54) is 11.1 Å². The van der Waals surface area contributed by atoms with Crippen molar-refractivity contribution in [2.75, 3.05) is 0 Å². The molecule has 0 fully saturated rings. The third-order valence-electron chi connectivity index (χ3n) is 1.34. The largest absolute Gasteiger partial charge is 0.0874 e. The average Bonchev–Trinajstić information content (AvgIpc) is 2.08. The molecule has 78 valence electrons. The third-order valence-corrected chi connectivity index (χ3v) is 1.34. The van der Waals surface area contributed by atoms with E-state index in [4.69, 9.17) is 0 Å². The van der Waals surface area contributed by atoms with Crippen LogP contribution in [0.1, 0.15) is 49.0 Å². The van der Waals surface area contributed by atoms with Gasteiger partial charge in [-0.3, -0.25) is 0 Å². The average molecular weight is 182 g/mol. The van der Waals surface area contributed by atoms with Crippen LogP contribution in [0.2, 0.25) is 0 Å². The highest BCUT2D eigenvalue weighted by Gasteiger charge is 1.80. The number of hydrogen-bond donors (Lipinski definition) is 0. The van der Waals surface area contributed by atoms with Gasteiger partial charge in [0.1, 0.15) is 0 Å². The molecule has 0 aliphatic heterocycles. The molecule has 0 bridgehead atoms. The first kappa shape index (κ1) is 18.1. The first-order valence-corrected chi connectivity index (χ1v) is 4.64. The number of hydrogen-bond acceptors (Lipinski definition) is 0. The predicted octanol–water partition coefficient (Wildman–Crippen LogP) is 5.14. The van der Waals surface area contributed by atoms with Gasteiger partial charge in [-0.25, -0.2) is 0 Å². The van der Waals surface area contributed by atoms with E-state index in [0.29, 0.717) is 0 Å². The van der Waals surface area contributed by atoms with Crippen LogP contribution in [-0.4, -0.2) is 0 Å². The fourth-order valence-corrected chi connectivity index (χ4v) is 0.753. The van der Waals surface area contributed by atoms with Gasteiger partial charge >= 0.3 is 0 Å². The van der Waals surface area contributed by atoms with Crippen molar-refractivity contribution in [1.82, 2.24) is 0 Å². The monoisotopic (exact) mass is 182 g/mol. The fourth-order valence-electron chi connectivity index (χ4n) is 0.753. The molecule has 0 atom stereocenters. The summed E-state index contributed by atoms with van der Waals surface area (Å²) in [4.78, 5) is 0. The summed E-state index contributed by atoms with van der Waals surface area (Å²) < 4.78 is 0. The van der Waals surface area contributed by atoms with Crippen molar-refractivity contribution in [3.63, 3.8) is 0 Å². The lowest BCUT2D eigenvalue weighted by Crippen LogP contribution is -1.70. The summed E-state index contributed by atoms with van der Waals surface area (Å²) in [5, 5.41) is 0. The van der Waals surface area contributed by atoms with Crippen LogP contribution in [0.4, 0.5) is 0 Å². The maximum absolute atomic E-state index is 2.17. The molecule has 0 spiro atoms. The summed E-state index contributed by atoms with van der Waals surface area (Å²) in [5.74, 6) is 0. The zero-order valence-electron chi connectivity index (χ0n) is 9.31. The Labute approximate surface area is 85.1 Å². The Morgan fingerprint density at radius 1 is 0.923 bits per heavy atom. The molecule has 0 amide bonds. The quantitative estimate of drug-likeness (QED) is 0.519. The molecule has 0 unspecified atom stereocenters. The second-order valence-electron chi connectivity index (χ2n) is 2.42. The molecule has 0 saturated heterocycles. The Hall–Kier alpha value is -0.780. The van der Waals surface area contributed by atoms with Crippen molar-refractivity contribution < 1.29 is 0 Å². The number of rotatable bonds is 2. The second kappa shape index (κ2) is 13.8. The van der Waals surface area contributed by atoms with Gasteiger partial charge in [-0.1, -0.05) is 56.7 Å². The summed E-state index contributed by atoms with van der Waals surface area (Å²) in [6, 6.07) is 0. The van der Waals surface area contributed by atoms with E-state index >= 15 is 0 Å². The van der Waals surface area contributed by atoms with E-state index in [1.54, 1.807) is 0 Å². The molecule has 0 rings (SSSR count). The van der Waals surface area contributed by atoms with Crippen molar-refractivity contribution in [1.29, 1.82) is 0 Å². The van der Waals surface area contributed by atoms with E-state index in [9.17, 15) is 0 Å². The molecule has 0 nitrogen and oxygen atoms in total. The van der Waals surface area contributed by atoms with Crippen LogP contribution >= 0.6 is 0 Å². The summed E-state index contributed by atoms with van der Waals surface area (Å²) in [6.45, 7) is 12.3. The molecule has 0 radical (unpaired) electrons. The minimum Gasteiger partial charge on any atom is -0.0874 e. The summed E-state index contributed by atoms with van der Waals surface area (Å²) in [6.07, 6.45) is 8.43. The standard InChI is InChI=1S/C10H16.C2H6.CH4/c1-5-7-10(4)8-9(3)6-2;1-2;/h5-8H,1-4H3;1-2H3;1H4/b7-5+,9-6?,10-8-;;. The van der Waals surface area contributed by atoms with Crippen molar-refractivity contribution in [3.05, 3.63) is 35.5 Å². The van der Waals surface area contributed by atoms with Crippen LogP contribution in [0.3, 0.4) is 0 Å². The molecule has 0 aliphatic rings. The zero-order chi connectivity index (χ0) is 9.98. The minimum absolute atomic E-state index is 0.